The summed E-state index contributed by atoms with van der Waals surface area (Å²) in [6.45, 7) is 2.73. The first-order valence-corrected chi connectivity index (χ1v) is 9.81. The summed E-state index contributed by atoms with van der Waals surface area (Å²) in [4.78, 5) is 2.91. The minimum Gasteiger partial charge on any atom is -0.300 e. The zero-order chi connectivity index (χ0) is 13.8. The van der Waals surface area contributed by atoms with Crippen molar-refractivity contribution in [1.82, 2.24) is 4.90 Å². The van der Waals surface area contributed by atoms with Crippen LogP contribution in [0.3, 0.4) is 0 Å². The predicted octanol–water partition coefficient (Wildman–Crippen LogP) is 4.91. The van der Waals surface area contributed by atoms with Gasteiger partial charge in [0.1, 0.15) is 0 Å². The van der Waals surface area contributed by atoms with Crippen LogP contribution in [0.5, 0.6) is 0 Å². The van der Waals surface area contributed by atoms with Crippen molar-refractivity contribution in [2.75, 3.05) is 18.8 Å². The van der Waals surface area contributed by atoms with Crippen molar-refractivity contribution in [2.45, 2.75) is 83.1 Å². The topological polar surface area (TPSA) is 3.24 Å². The van der Waals surface area contributed by atoms with E-state index in [0.29, 0.717) is 5.41 Å². The molecule has 116 valence electrons. The van der Waals surface area contributed by atoms with E-state index in [1.54, 1.807) is 0 Å². The molecule has 2 atom stereocenters. The lowest BCUT2D eigenvalue weighted by Gasteiger charge is -2.48. The molecule has 1 aliphatic heterocycles. The predicted molar refractivity (Wildman–Crippen MR) is 90.5 cm³/mol. The third-order valence-electron chi connectivity index (χ3n) is 6.40. The van der Waals surface area contributed by atoms with Crippen LogP contribution in [0.4, 0.5) is 0 Å². The summed E-state index contributed by atoms with van der Waals surface area (Å²) in [6.07, 6.45) is 17.6. The van der Waals surface area contributed by atoms with Crippen molar-refractivity contribution in [2.24, 2.45) is 11.3 Å². The Morgan fingerprint density at radius 1 is 0.850 bits per heavy atom. The molecule has 1 saturated heterocycles. The smallest absolute Gasteiger partial charge is 0.0124 e. The summed E-state index contributed by atoms with van der Waals surface area (Å²) in [5, 5.41) is 0. The van der Waals surface area contributed by atoms with Gasteiger partial charge in [-0.25, -0.2) is 0 Å². The normalized spacial score (nSPS) is 35.2. The molecule has 3 aliphatic rings. The molecule has 3 rings (SSSR count). The number of nitrogens with zero attached hydrogens (tertiary/aromatic N) is 1. The zero-order valence-electron chi connectivity index (χ0n) is 13.2. The fourth-order valence-corrected chi connectivity index (χ4v) is 5.62. The van der Waals surface area contributed by atoms with Crippen molar-refractivity contribution in [3.05, 3.63) is 0 Å². The number of fused-ring (bicyclic) bond motifs is 1. The maximum absolute atomic E-state index is 4.79. The van der Waals surface area contributed by atoms with E-state index >= 15 is 0 Å². The zero-order valence-corrected chi connectivity index (χ0v) is 14.1. The Balaban J connectivity index is 1.67. The summed E-state index contributed by atoms with van der Waals surface area (Å²) < 4.78 is 0. The van der Waals surface area contributed by atoms with E-state index in [1.165, 1.54) is 90.1 Å². The Hall–Kier alpha value is 0.310. The lowest BCUT2D eigenvalue weighted by molar-refractivity contribution is 0.0249. The van der Waals surface area contributed by atoms with Gasteiger partial charge in [0.25, 0.3) is 0 Å². The third-order valence-corrected chi connectivity index (χ3v) is 7.07. The van der Waals surface area contributed by atoms with Gasteiger partial charge in [0.05, 0.1) is 0 Å². The number of thiol groups is 1. The van der Waals surface area contributed by atoms with Gasteiger partial charge < -0.3 is 0 Å². The van der Waals surface area contributed by atoms with Gasteiger partial charge in [-0.15, -0.1) is 0 Å². The minimum atomic E-state index is 0.541. The highest BCUT2D eigenvalue weighted by atomic mass is 32.1. The maximum atomic E-state index is 4.79. The van der Waals surface area contributed by atoms with Crippen LogP contribution >= 0.6 is 12.6 Å². The molecule has 2 saturated carbocycles. The van der Waals surface area contributed by atoms with Gasteiger partial charge in [-0.1, -0.05) is 38.5 Å². The van der Waals surface area contributed by atoms with E-state index in [1.807, 2.05) is 0 Å². The van der Waals surface area contributed by atoms with Crippen LogP contribution in [-0.4, -0.2) is 29.8 Å². The molecular weight excluding hydrogens is 262 g/mol. The van der Waals surface area contributed by atoms with Gasteiger partial charge in [-0.05, 0) is 62.2 Å². The Morgan fingerprint density at radius 2 is 1.55 bits per heavy atom. The van der Waals surface area contributed by atoms with E-state index in [-0.39, 0.29) is 0 Å². The fourth-order valence-electron chi connectivity index (χ4n) is 5.20. The molecule has 0 bridgehead atoms. The van der Waals surface area contributed by atoms with Gasteiger partial charge in [-0.3, -0.25) is 4.90 Å². The Morgan fingerprint density at radius 3 is 2.30 bits per heavy atom. The van der Waals surface area contributed by atoms with Gasteiger partial charge >= 0.3 is 0 Å². The number of rotatable bonds is 3. The summed E-state index contributed by atoms with van der Waals surface area (Å²) >= 11 is 4.79. The van der Waals surface area contributed by atoms with Crippen LogP contribution in [0.1, 0.15) is 77.0 Å². The number of hydrogen-bond donors (Lipinski definition) is 1. The van der Waals surface area contributed by atoms with Crippen LogP contribution < -0.4 is 0 Å². The summed E-state index contributed by atoms with van der Waals surface area (Å²) in [6, 6.07) is 0.928. The average Bonchev–Trinajstić information content (AvgIpc) is 2.74. The molecule has 3 fully saturated rings. The second kappa shape index (κ2) is 7.05. The monoisotopic (exact) mass is 295 g/mol. The van der Waals surface area contributed by atoms with Crippen molar-refractivity contribution in [1.29, 1.82) is 0 Å². The molecular formula is C18H33NS. The van der Waals surface area contributed by atoms with E-state index in [9.17, 15) is 0 Å². The van der Waals surface area contributed by atoms with Crippen molar-refractivity contribution in [3.63, 3.8) is 0 Å². The molecule has 0 aromatic carbocycles. The summed E-state index contributed by atoms with van der Waals surface area (Å²) in [5.74, 6) is 2.14. The molecule has 0 aromatic heterocycles. The lowest BCUT2D eigenvalue weighted by Crippen LogP contribution is -2.51. The van der Waals surface area contributed by atoms with E-state index in [4.69, 9.17) is 12.6 Å². The molecule has 1 nitrogen and oxygen atoms in total. The molecule has 2 heteroatoms. The first kappa shape index (κ1) is 15.2. The minimum absolute atomic E-state index is 0.541. The number of hydrogen-bond acceptors (Lipinski definition) is 2. The third kappa shape index (κ3) is 3.38. The largest absolute Gasteiger partial charge is 0.300 e. The maximum Gasteiger partial charge on any atom is 0.0124 e. The van der Waals surface area contributed by atoms with Gasteiger partial charge in [-0.2, -0.15) is 12.6 Å². The van der Waals surface area contributed by atoms with Crippen LogP contribution in [0.2, 0.25) is 0 Å². The molecule has 0 spiro atoms. The highest BCUT2D eigenvalue weighted by molar-refractivity contribution is 7.80. The highest BCUT2D eigenvalue weighted by Gasteiger charge is 2.38. The first-order valence-electron chi connectivity index (χ1n) is 9.18. The van der Waals surface area contributed by atoms with E-state index < -0.39 is 0 Å². The molecule has 0 amide bonds. The van der Waals surface area contributed by atoms with Crippen LogP contribution in [0, 0.1) is 11.3 Å². The van der Waals surface area contributed by atoms with Crippen LogP contribution in [0.25, 0.3) is 0 Å². The molecule has 0 N–H and O–H groups in total. The van der Waals surface area contributed by atoms with E-state index in [2.05, 4.69) is 4.90 Å². The molecule has 1 heterocycles. The summed E-state index contributed by atoms with van der Waals surface area (Å²) in [7, 11) is 0. The highest BCUT2D eigenvalue weighted by Crippen LogP contribution is 2.41. The van der Waals surface area contributed by atoms with Gasteiger partial charge in [0, 0.05) is 12.6 Å². The van der Waals surface area contributed by atoms with Gasteiger partial charge in [0.15, 0.2) is 0 Å². The SMILES string of the molecule is SCC1(CN2CCC[C@H]3CCCC[C@H]32)CCCCCC1. The lowest BCUT2D eigenvalue weighted by atomic mass is 9.75. The van der Waals surface area contributed by atoms with Crippen LogP contribution in [-0.2, 0) is 0 Å². The number of likely N-dealkylation sites (tertiary alicyclic amines) is 1. The van der Waals surface area contributed by atoms with Gasteiger partial charge in [0.2, 0.25) is 0 Å². The first-order chi connectivity index (χ1) is 9.83. The molecule has 0 unspecified atom stereocenters. The Labute approximate surface area is 131 Å². The standard InChI is InChI=1S/C18H33NS/c20-15-18(11-5-1-2-6-12-18)14-19-13-7-9-16-8-3-4-10-17(16)19/h16-17,20H,1-15H2/t16-,17-/m1/s1. The molecule has 20 heavy (non-hydrogen) atoms. The van der Waals surface area contributed by atoms with Crippen LogP contribution in [0.15, 0.2) is 0 Å². The second-order valence-corrected chi connectivity index (χ2v) is 8.11. The van der Waals surface area contributed by atoms with Crippen molar-refractivity contribution < 1.29 is 0 Å². The molecule has 2 aliphatic carbocycles. The Kier molecular flexibility index (Phi) is 5.36. The quantitative estimate of drug-likeness (QED) is 0.572. The van der Waals surface area contributed by atoms with Crippen molar-refractivity contribution >= 4 is 12.6 Å². The molecule has 0 radical (unpaired) electrons. The second-order valence-electron chi connectivity index (χ2n) is 7.80. The molecule has 0 aromatic rings. The average molecular weight is 296 g/mol. The summed E-state index contributed by atoms with van der Waals surface area (Å²) in [5.41, 5.74) is 0.541. The van der Waals surface area contributed by atoms with Crippen molar-refractivity contribution in [3.8, 4) is 0 Å². The Bertz CT molecular complexity index is 294. The fraction of sp³-hybridized carbons (Fsp3) is 1.00. The van der Waals surface area contributed by atoms with E-state index in [0.717, 1.165) is 17.7 Å². The number of piperidine rings is 1.